The lowest BCUT2D eigenvalue weighted by atomic mass is 10.2. The second-order valence-corrected chi connectivity index (χ2v) is 7.42. The third-order valence-corrected chi connectivity index (χ3v) is 4.61. The van der Waals surface area contributed by atoms with E-state index in [1.807, 2.05) is 13.0 Å². The number of hydrogen-bond donors (Lipinski definition) is 1. The van der Waals surface area contributed by atoms with Gasteiger partial charge in [-0.2, -0.15) is 0 Å². The summed E-state index contributed by atoms with van der Waals surface area (Å²) in [6, 6.07) is 3.41. The van der Waals surface area contributed by atoms with Gasteiger partial charge in [0, 0.05) is 4.88 Å². The summed E-state index contributed by atoms with van der Waals surface area (Å²) in [6.45, 7) is 7.32. The summed E-state index contributed by atoms with van der Waals surface area (Å²) in [5.74, 6) is 0. The molecule has 1 N–H and O–H groups in total. The van der Waals surface area contributed by atoms with Crippen LogP contribution in [-0.4, -0.2) is 14.0 Å². The van der Waals surface area contributed by atoms with E-state index in [0.29, 0.717) is 0 Å². The Hall–Kier alpha value is -0.430. The van der Waals surface area contributed by atoms with Crippen LogP contribution in [0, 0.1) is 0 Å². The molecule has 0 saturated carbocycles. The second kappa shape index (κ2) is 4.83. The van der Waals surface area contributed by atoms with E-state index in [-0.39, 0.29) is 4.21 Å². The van der Waals surface area contributed by atoms with Gasteiger partial charge in [0.2, 0.25) is 0 Å². The Bertz CT molecular complexity index is 443. The molecule has 1 aromatic rings. The van der Waals surface area contributed by atoms with E-state index in [1.54, 1.807) is 26.8 Å². The van der Waals surface area contributed by atoms with E-state index >= 15 is 0 Å². The SMILES string of the molecule is CCc1ccc(S(=O)(=O)NOC(C)(C)C)s1. The van der Waals surface area contributed by atoms with Crippen molar-refractivity contribution in [2.45, 2.75) is 43.9 Å². The van der Waals surface area contributed by atoms with Gasteiger partial charge in [0.25, 0.3) is 10.0 Å². The summed E-state index contributed by atoms with van der Waals surface area (Å²) >= 11 is 1.26. The zero-order valence-electron chi connectivity index (χ0n) is 9.90. The molecule has 0 atom stereocenters. The molecule has 0 aliphatic rings. The number of nitrogens with one attached hydrogen (secondary N) is 1. The van der Waals surface area contributed by atoms with E-state index in [2.05, 4.69) is 4.89 Å². The molecular weight excluding hydrogens is 246 g/mol. The fraction of sp³-hybridized carbons (Fsp3) is 0.600. The molecule has 0 unspecified atom stereocenters. The molecule has 0 aliphatic heterocycles. The van der Waals surface area contributed by atoms with Crippen LogP contribution in [-0.2, 0) is 21.3 Å². The van der Waals surface area contributed by atoms with Gasteiger partial charge in [-0.1, -0.05) is 11.8 Å². The summed E-state index contributed by atoms with van der Waals surface area (Å²) in [4.78, 5) is 8.23. The molecule has 0 fully saturated rings. The molecule has 1 aromatic heterocycles. The average Bonchev–Trinajstić information content (AvgIpc) is 2.62. The Morgan fingerprint density at radius 1 is 1.38 bits per heavy atom. The second-order valence-electron chi connectivity index (χ2n) is 4.38. The Morgan fingerprint density at radius 2 is 2.00 bits per heavy atom. The normalized spacial score (nSPS) is 13.0. The Kier molecular flexibility index (Phi) is 4.12. The molecule has 1 rings (SSSR count). The first kappa shape index (κ1) is 13.6. The van der Waals surface area contributed by atoms with Crippen molar-refractivity contribution in [2.24, 2.45) is 0 Å². The summed E-state index contributed by atoms with van der Waals surface area (Å²) in [7, 11) is -3.54. The van der Waals surface area contributed by atoms with Gasteiger partial charge in [-0.05, 0) is 39.3 Å². The van der Waals surface area contributed by atoms with Gasteiger partial charge in [-0.25, -0.2) is 8.42 Å². The molecule has 0 radical (unpaired) electrons. The molecule has 6 heteroatoms. The molecule has 0 amide bonds. The molecule has 4 nitrogen and oxygen atoms in total. The minimum Gasteiger partial charge on any atom is -0.281 e. The molecular formula is C10H17NO3S2. The van der Waals surface area contributed by atoms with Crippen molar-refractivity contribution in [3.8, 4) is 0 Å². The Labute approximate surface area is 101 Å². The molecule has 0 aliphatic carbocycles. The van der Waals surface area contributed by atoms with Gasteiger partial charge < -0.3 is 0 Å². The van der Waals surface area contributed by atoms with E-state index in [4.69, 9.17) is 4.84 Å². The first-order valence-corrected chi connectivity index (χ1v) is 7.33. The third kappa shape index (κ3) is 3.86. The molecule has 0 aromatic carbocycles. The lowest BCUT2D eigenvalue weighted by Crippen LogP contribution is -2.33. The van der Waals surface area contributed by atoms with Crippen molar-refractivity contribution in [1.82, 2.24) is 4.89 Å². The van der Waals surface area contributed by atoms with Crippen LogP contribution >= 0.6 is 11.3 Å². The van der Waals surface area contributed by atoms with Gasteiger partial charge in [0.05, 0.1) is 5.60 Å². The van der Waals surface area contributed by atoms with Gasteiger partial charge in [0.15, 0.2) is 0 Å². The van der Waals surface area contributed by atoms with Crippen molar-refractivity contribution in [1.29, 1.82) is 0 Å². The van der Waals surface area contributed by atoms with Gasteiger partial charge >= 0.3 is 0 Å². The van der Waals surface area contributed by atoms with Crippen molar-refractivity contribution < 1.29 is 13.3 Å². The van der Waals surface area contributed by atoms with Crippen LogP contribution < -0.4 is 4.89 Å². The van der Waals surface area contributed by atoms with Crippen molar-refractivity contribution in [2.75, 3.05) is 0 Å². The van der Waals surface area contributed by atoms with E-state index in [0.717, 1.165) is 11.3 Å². The first-order valence-electron chi connectivity index (χ1n) is 5.03. The highest BCUT2D eigenvalue weighted by Crippen LogP contribution is 2.22. The monoisotopic (exact) mass is 263 g/mol. The van der Waals surface area contributed by atoms with Crippen molar-refractivity contribution >= 4 is 21.4 Å². The van der Waals surface area contributed by atoms with Gasteiger partial charge in [-0.3, -0.25) is 4.84 Å². The maximum Gasteiger partial charge on any atom is 0.271 e. The summed E-state index contributed by atoms with van der Waals surface area (Å²) in [6.07, 6.45) is 0.834. The van der Waals surface area contributed by atoms with Crippen LogP contribution in [0.25, 0.3) is 0 Å². The van der Waals surface area contributed by atoms with E-state index < -0.39 is 15.6 Å². The molecule has 16 heavy (non-hydrogen) atoms. The standard InChI is InChI=1S/C10H17NO3S2/c1-5-8-6-7-9(15-8)16(12,13)11-14-10(2,3)4/h6-7,11H,5H2,1-4H3. The zero-order chi connectivity index (χ0) is 12.4. The number of thiophene rings is 1. The quantitative estimate of drug-likeness (QED) is 0.848. The van der Waals surface area contributed by atoms with Crippen LogP contribution in [0.15, 0.2) is 16.3 Å². The minimum atomic E-state index is -3.54. The first-order chi connectivity index (χ1) is 7.24. The predicted molar refractivity (Wildman–Crippen MR) is 64.9 cm³/mol. The topological polar surface area (TPSA) is 55.4 Å². The molecule has 0 saturated heterocycles. The molecule has 1 heterocycles. The van der Waals surface area contributed by atoms with E-state index in [1.165, 1.54) is 11.3 Å². The smallest absolute Gasteiger partial charge is 0.271 e. The Balaban J connectivity index is 2.78. The van der Waals surface area contributed by atoms with Crippen LogP contribution in [0.5, 0.6) is 0 Å². The fourth-order valence-electron chi connectivity index (χ4n) is 0.914. The molecule has 0 bridgehead atoms. The van der Waals surface area contributed by atoms with Crippen LogP contribution in [0.2, 0.25) is 0 Å². The highest BCUT2D eigenvalue weighted by Gasteiger charge is 2.20. The largest absolute Gasteiger partial charge is 0.281 e. The highest BCUT2D eigenvalue weighted by molar-refractivity contribution is 7.91. The highest BCUT2D eigenvalue weighted by atomic mass is 32.2. The molecule has 92 valence electrons. The zero-order valence-corrected chi connectivity index (χ0v) is 11.5. The summed E-state index contributed by atoms with van der Waals surface area (Å²) < 4.78 is 23.9. The van der Waals surface area contributed by atoms with Crippen molar-refractivity contribution in [3.63, 3.8) is 0 Å². The Morgan fingerprint density at radius 3 is 2.44 bits per heavy atom. The fourth-order valence-corrected chi connectivity index (χ4v) is 3.14. The number of hydrogen-bond acceptors (Lipinski definition) is 4. The summed E-state index contributed by atoms with van der Waals surface area (Å²) in [5, 5.41) is 0. The van der Waals surface area contributed by atoms with E-state index in [9.17, 15) is 8.42 Å². The minimum absolute atomic E-state index is 0.286. The van der Waals surface area contributed by atoms with Crippen LogP contribution in [0.3, 0.4) is 0 Å². The van der Waals surface area contributed by atoms with Crippen LogP contribution in [0.1, 0.15) is 32.6 Å². The predicted octanol–water partition coefficient (Wildman–Crippen LogP) is 2.32. The van der Waals surface area contributed by atoms with Gasteiger partial charge in [0.1, 0.15) is 4.21 Å². The maximum absolute atomic E-state index is 11.8. The third-order valence-electron chi connectivity index (χ3n) is 1.71. The summed E-state index contributed by atoms with van der Waals surface area (Å²) in [5.41, 5.74) is -0.544. The number of rotatable bonds is 4. The molecule has 0 spiro atoms. The number of sulfonamides is 1. The van der Waals surface area contributed by atoms with Crippen LogP contribution in [0.4, 0.5) is 0 Å². The lowest BCUT2D eigenvalue weighted by Gasteiger charge is -2.18. The lowest BCUT2D eigenvalue weighted by molar-refractivity contribution is -0.0356. The number of aryl methyl sites for hydroxylation is 1. The van der Waals surface area contributed by atoms with Crippen molar-refractivity contribution in [3.05, 3.63) is 17.0 Å². The van der Waals surface area contributed by atoms with Gasteiger partial charge in [-0.15, -0.1) is 11.3 Å². The maximum atomic E-state index is 11.8. The average molecular weight is 263 g/mol.